The van der Waals surface area contributed by atoms with Gasteiger partial charge in [-0.15, -0.1) is 0 Å². The number of nitrogens with zero attached hydrogens (tertiary/aromatic N) is 1. The van der Waals surface area contributed by atoms with Crippen molar-refractivity contribution in [2.75, 3.05) is 32.7 Å². The molecule has 2 nitrogen and oxygen atoms in total. The summed E-state index contributed by atoms with van der Waals surface area (Å²) in [5, 5.41) is 3.47. The lowest BCUT2D eigenvalue weighted by molar-refractivity contribution is 0.231. The minimum absolute atomic E-state index is 0.933. The standard InChI is InChI=1S/C13H28N2/c1-3-5-7-13(4-2)12-15-10-6-8-14-9-11-15/h13-14H,3-12H2,1-2H3/t13-/m0/s1. The summed E-state index contributed by atoms with van der Waals surface area (Å²) in [6, 6.07) is 0. The van der Waals surface area contributed by atoms with E-state index in [9.17, 15) is 0 Å². The molecule has 1 heterocycles. The van der Waals surface area contributed by atoms with Crippen LogP contribution in [0.15, 0.2) is 0 Å². The summed E-state index contributed by atoms with van der Waals surface area (Å²) in [5.74, 6) is 0.933. The van der Waals surface area contributed by atoms with Gasteiger partial charge < -0.3 is 10.2 Å². The summed E-state index contributed by atoms with van der Waals surface area (Å²) in [7, 11) is 0. The molecule has 0 amide bonds. The molecule has 0 unspecified atom stereocenters. The zero-order valence-electron chi connectivity index (χ0n) is 10.6. The van der Waals surface area contributed by atoms with Crippen molar-refractivity contribution in [1.29, 1.82) is 0 Å². The second-order valence-corrected chi connectivity index (χ2v) is 4.82. The third kappa shape index (κ3) is 5.53. The van der Waals surface area contributed by atoms with Gasteiger partial charge in [-0.1, -0.05) is 33.1 Å². The molecular weight excluding hydrogens is 184 g/mol. The van der Waals surface area contributed by atoms with E-state index in [0.717, 1.165) is 5.92 Å². The highest BCUT2D eigenvalue weighted by Gasteiger charge is 2.13. The number of rotatable bonds is 6. The molecule has 0 saturated carbocycles. The van der Waals surface area contributed by atoms with E-state index in [0.29, 0.717) is 0 Å². The highest BCUT2D eigenvalue weighted by molar-refractivity contribution is 4.69. The molecule has 1 N–H and O–H groups in total. The molecule has 1 saturated heterocycles. The molecule has 0 aromatic carbocycles. The van der Waals surface area contributed by atoms with Crippen LogP contribution in [-0.2, 0) is 0 Å². The first-order valence-electron chi connectivity index (χ1n) is 6.79. The quantitative estimate of drug-likeness (QED) is 0.728. The third-order valence-corrected chi connectivity index (χ3v) is 3.49. The average Bonchev–Trinajstić information content (AvgIpc) is 2.52. The van der Waals surface area contributed by atoms with Crippen molar-refractivity contribution >= 4 is 0 Å². The molecule has 0 aliphatic carbocycles. The van der Waals surface area contributed by atoms with E-state index < -0.39 is 0 Å². The minimum Gasteiger partial charge on any atom is -0.315 e. The average molecular weight is 212 g/mol. The smallest absolute Gasteiger partial charge is 0.0107 e. The molecule has 1 aliphatic heterocycles. The molecule has 0 aromatic heterocycles. The van der Waals surface area contributed by atoms with Gasteiger partial charge in [0.2, 0.25) is 0 Å². The Labute approximate surface area is 95.4 Å². The zero-order chi connectivity index (χ0) is 10.9. The molecule has 1 aliphatic rings. The fourth-order valence-electron chi connectivity index (χ4n) is 2.37. The Bertz CT molecular complexity index is 139. The Hall–Kier alpha value is -0.0800. The van der Waals surface area contributed by atoms with E-state index in [-0.39, 0.29) is 0 Å². The molecule has 0 aromatic rings. The molecule has 0 radical (unpaired) electrons. The van der Waals surface area contributed by atoms with Crippen LogP contribution in [0.3, 0.4) is 0 Å². The van der Waals surface area contributed by atoms with Crippen molar-refractivity contribution < 1.29 is 0 Å². The van der Waals surface area contributed by atoms with Crippen molar-refractivity contribution in [2.24, 2.45) is 5.92 Å². The third-order valence-electron chi connectivity index (χ3n) is 3.49. The Morgan fingerprint density at radius 1 is 1.20 bits per heavy atom. The highest BCUT2D eigenvalue weighted by atomic mass is 15.1. The van der Waals surface area contributed by atoms with E-state index >= 15 is 0 Å². The van der Waals surface area contributed by atoms with Gasteiger partial charge in [0.15, 0.2) is 0 Å². The molecule has 2 heteroatoms. The lowest BCUT2D eigenvalue weighted by Gasteiger charge is -2.25. The first-order chi connectivity index (χ1) is 7.36. The number of nitrogens with one attached hydrogen (secondary N) is 1. The Morgan fingerprint density at radius 3 is 2.80 bits per heavy atom. The van der Waals surface area contributed by atoms with Crippen molar-refractivity contribution in [3.8, 4) is 0 Å². The van der Waals surface area contributed by atoms with Gasteiger partial charge in [0.05, 0.1) is 0 Å². The van der Waals surface area contributed by atoms with E-state index in [2.05, 4.69) is 24.1 Å². The Kier molecular flexibility index (Phi) is 7.03. The van der Waals surface area contributed by atoms with Gasteiger partial charge in [-0.3, -0.25) is 0 Å². The molecule has 1 fully saturated rings. The molecule has 0 bridgehead atoms. The summed E-state index contributed by atoms with van der Waals surface area (Å²) in [4.78, 5) is 2.66. The van der Waals surface area contributed by atoms with E-state index in [1.807, 2.05) is 0 Å². The summed E-state index contributed by atoms with van der Waals surface area (Å²) in [6.45, 7) is 10.9. The molecule has 0 spiro atoms. The maximum absolute atomic E-state index is 3.47. The monoisotopic (exact) mass is 212 g/mol. The predicted molar refractivity (Wildman–Crippen MR) is 67.2 cm³/mol. The summed E-state index contributed by atoms with van der Waals surface area (Å²) in [6.07, 6.45) is 6.85. The van der Waals surface area contributed by atoms with Crippen LogP contribution in [-0.4, -0.2) is 37.6 Å². The number of unbranched alkanes of at least 4 members (excludes halogenated alkanes) is 1. The molecule has 90 valence electrons. The summed E-state index contributed by atoms with van der Waals surface area (Å²) in [5.41, 5.74) is 0. The number of hydrogen-bond donors (Lipinski definition) is 1. The van der Waals surface area contributed by atoms with E-state index in [1.54, 1.807) is 0 Å². The predicted octanol–water partition coefficient (Wildman–Crippen LogP) is 2.50. The maximum atomic E-state index is 3.47. The van der Waals surface area contributed by atoms with Crippen LogP contribution >= 0.6 is 0 Å². The molecule has 15 heavy (non-hydrogen) atoms. The minimum atomic E-state index is 0.933. The van der Waals surface area contributed by atoms with E-state index in [1.165, 1.54) is 64.8 Å². The van der Waals surface area contributed by atoms with Crippen molar-refractivity contribution in [1.82, 2.24) is 10.2 Å². The Balaban J connectivity index is 2.22. The van der Waals surface area contributed by atoms with Gasteiger partial charge in [-0.05, 0) is 31.8 Å². The first kappa shape index (κ1) is 13.0. The van der Waals surface area contributed by atoms with Crippen LogP contribution in [0.25, 0.3) is 0 Å². The van der Waals surface area contributed by atoms with Crippen LogP contribution in [0.1, 0.15) is 46.0 Å². The van der Waals surface area contributed by atoms with Crippen LogP contribution in [0.5, 0.6) is 0 Å². The zero-order valence-corrected chi connectivity index (χ0v) is 10.6. The van der Waals surface area contributed by atoms with Gasteiger partial charge in [-0.2, -0.15) is 0 Å². The van der Waals surface area contributed by atoms with Crippen LogP contribution < -0.4 is 5.32 Å². The van der Waals surface area contributed by atoms with Gasteiger partial charge >= 0.3 is 0 Å². The van der Waals surface area contributed by atoms with Crippen molar-refractivity contribution in [3.63, 3.8) is 0 Å². The Morgan fingerprint density at radius 2 is 2.07 bits per heavy atom. The van der Waals surface area contributed by atoms with Gasteiger partial charge in [-0.25, -0.2) is 0 Å². The number of hydrogen-bond acceptors (Lipinski definition) is 2. The maximum Gasteiger partial charge on any atom is 0.0107 e. The second kappa shape index (κ2) is 8.12. The topological polar surface area (TPSA) is 15.3 Å². The van der Waals surface area contributed by atoms with E-state index in [4.69, 9.17) is 0 Å². The SMILES string of the molecule is CCCC[C@H](CC)CN1CCCNCC1. The van der Waals surface area contributed by atoms with Crippen molar-refractivity contribution in [3.05, 3.63) is 0 Å². The largest absolute Gasteiger partial charge is 0.315 e. The first-order valence-corrected chi connectivity index (χ1v) is 6.79. The van der Waals surface area contributed by atoms with Crippen molar-refractivity contribution in [2.45, 2.75) is 46.0 Å². The lowest BCUT2D eigenvalue weighted by atomic mass is 9.98. The molecule has 1 atom stereocenters. The second-order valence-electron chi connectivity index (χ2n) is 4.82. The normalized spacial score (nSPS) is 21.2. The fourth-order valence-corrected chi connectivity index (χ4v) is 2.37. The molecular formula is C13H28N2. The highest BCUT2D eigenvalue weighted by Crippen LogP contribution is 2.14. The van der Waals surface area contributed by atoms with Crippen LogP contribution in [0, 0.1) is 5.92 Å². The fraction of sp³-hybridized carbons (Fsp3) is 1.00. The van der Waals surface area contributed by atoms with Gasteiger partial charge in [0.1, 0.15) is 0 Å². The lowest BCUT2D eigenvalue weighted by Crippen LogP contribution is -2.32. The summed E-state index contributed by atoms with van der Waals surface area (Å²) >= 11 is 0. The molecule has 1 rings (SSSR count). The van der Waals surface area contributed by atoms with Crippen LogP contribution in [0.2, 0.25) is 0 Å². The van der Waals surface area contributed by atoms with Gasteiger partial charge in [0.25, 0.3) is 0 Å². The van der Waals surface area contributed by atoms with Gasteiger partial charge in [0, 0.05) is 19.6 Å². The summed E-state index contributed by atoms with van der Waals surface area (Å²) < 4.78 is 0. The van der Waals surface area contributed by atoms with Crippen LogP contribution in [0.4, 0.5) is 0 Å².